The predicted molar refractivity (Wildman–Crippen MR) is 119 cm³/mol. The lowest BCUT2D eigenvalue weighted by molar-refractivity contribution is -0.140. The van der Waals surface area contributed by atoms with Gasteiger partial charge in [0.1, 0.15) is 17.5 Å². The van der Waals surface area contributed by atoms with Crippen molar-refractivity contribution in [2.24, 2.45) is 5.92 Å². The molecule has 0 saturated carbocycles. The van der Waals surface area contributed by atoms with E-state index in [4.69, 9.17) is 9.47 Å². The number of benzene rings is 2. The number of halogens is 1. The van der Waals surface area contributed by atoms with Crippen LogP contribution in [-0.2, 0) is 14.3 Å². The van der Waals surface area contributed by atoms with Gasteiger partial charge in [-0.3, -0.25) is 19.3 Å². The summed E-state index contributed by atoms with van der Waals surface area (Å²) in [5.74, 6) is -3.31. The molecule has 1 amide bonds. The lowest BCUT2D eigenvalue weighted by Gasteiger charge is -2.30. The van der Waals surface area contributed by atoms with Gasteiger partial charge in [-0.25, -0.2) is 4.39 Å². The van der Waals surface area contributed by atoms with E-state index in [1.807, 2.05) is 0 Å². The minimum absolute atomic E-state index is 0.176. The molecule has 2 heterocycles. The number of amides is 1. The van der Waals surface area contributed by atoms with Gasteiger partial charge in [-0.2, -0.15) is 0 Å². The number of ether oxygens (including phenoxy) is 2. The zero-order chi connectivity index (χ0) is 23.4. The van der Waals surface area contributed by atoms with Gasteiger partial charge in [-0.1, -0.05) is 18.2 Å². The van der Waals surface area contributed by atoms with Crippen molar-refractivity contribution in [3.63, 3.8) is 0 Å². The first-order chi connectivity index (χ1) is 16.0. The van der Waals surface area contributed by atoms with E-state index in [1.54, 1.807) is 36.4 Å². The molecule has 2 aliphatic rings. The maximum absolute atomic E-state index is 14.8. The van der Waals surface area contributed by atoms with Crippen LogP contribution in [0.15, 0.2) is 48.5 Å². The van der Waals surface area contributed by atoms with E-state index < -0.39 is 35.3 Å². The van der Waals surface area contributed by atoms with Gasteiger partial charge in [0, 0.05) is 37.3 Å². The van der Waals surface area contributed by atoms with E-state index in [0.29, 0.717) is 25.4 Å². The maximum Gasteiger partial charge on any atom is 0.291 e. The van der Waals surface area contributed by atoms with Crippen LogP contribution in [0.2, 0.25) is 0 Å². The summed E-state index contributed by atoms with van der Waals surface area (Å²) in [5.41, 5.74) is 0.452. The van der Waals surface area contributed by atoms with Crippen LogP contribution in [0.3, 0.4) is 0 Å². The van der Waals surface area contributed by atoms with Gasteiger partial charge < -0.3 is 14.4 Å². The zero-order valence-electron chi connectivity index (χ0n) is 18.5. The normalized spacial score (nSPS) is 21.5. The summed E-state index contributed by atoms with van der Waals surface area (Å²) in [6.45, 7) is 3.93. The van der Waals surface area contributed by atoms with Crippen LogP contribution >= 0.6 is 0 Å². The molecule has 0 bridgehead atoms. The maximum atomic E-state index is 14.8. The second-order valence-corrected chi connectivity index (χ2v) is 8.21. The summed E-state index contributed by atoms with van der Waals surface area (Å²) >= 11 is 0. The summed E-state index contributed by atoms with van der Waals surface area (Å²) in [6, 6.07) is 11.4. The Morgan fingerprint density at radius 1 is 1.06 bits per heavy atom. The molecule has 0 radical (unpaired) electrons. The Morgan fingerprint density at radius 2 is 1.76 bits per heavy atom. The molecule has 2 fully saturated rings. The molecule has 174 valence electrons. The SMILES string of the molecule is COc1ccc(C(=O)C2C(=O)C(=O)N(CCCN3CCOCC3)C2c2ccccc2F)cc1. The second-order valence-electron chi connectivity index (χ2n) is 8.21. The van der Waals surface area contributed by atoms with Crippen molar-refractivity contribution in [3.8, 4) is 5.75 Å². The molecular weight excluding hydrogens is 427 g/mol. The Bertz CT molecular complexity index is 1020. The number of ketones is 2. The molecule has 0 aromatic heterocycles. The van der Waals surface area contributed by atoms with Crippen LogP contribution in [-0.4, -0.2) is 73.8 Å². The molecule has 2 aromatic carbocycles. The average molecular weight is 454 g/mol. The third kappa shape index (κ3) is 4.82. The Morgan fingerprint density at radius 3 is 2.42 bits per heavy atom. The Labute approximate surface area is 192 Å². The van der Waals surface area contributed by atoms with E-state index in [-0.39, 0.29) is 17.7 Å². The number of hydrogen-bond acceptors (Lipinski definition) is 6. The first kappa shape index (κ1) is 23.1. The van der Waals surface area contributed by atoms with Crippen molar-refractivity contribution >= 4 is 17.5 Å². The number of likely N-dealkylation sites (tertiary alicyclic amines) is 1. The smallest absolute Gasteiger partial charge is 0.291 e. The predicted octanol–water partition coefficient (Wildman–Crippen LogP) is 2.51. The lowest BCUT2D eigenvalue weighted by Crippen LogP contribution is -2.39. The fourth-order valence-electron chi connectivity index (χ4n) is 4.51. The highest BCUT2D eigenvalue weighted by Gasteiger charge is 2.52. The zero-order valence-corrected chi connectivity index (χ0v) is 18.5. The van der Waals surface area contributed by atoms with Crippen LogP contribution in [0, 0.1) is 11.7 Å². The first-order valence-electron chi connectivity index (χ1n) is 11.1. The van der Waals surface area contributed by atoms with Crippen LogP contribution in [0.5, 0.6) is 5.75 Å². The summed E-state index contributed by atoms with van der Waals surface area (Å²) in [5, 5.41) is 0. The number of carbonyl (C=O) groups is 3. The molecule has 2 saturated heterocycles. The van der Waals surface area contributed by atoms with Gasteiger partial charge in [0.15, 0.2) is 5.78 Å². The minimum atomic E-state index is -1.30. The fourth-order valence-corrected chi connectivity index (χ4v) is 4.51. The molecule has 4 rings (SSSR count). The van der Waals surface area contributed by atoms with Gasteiger partial charge >= 0.3 is 0 Å². The van der Waals surface area contributed by atoms with Crippen molar-refractivity contribution < 1.29 is 28.2 Å². The standard InChI is InChI=1S/C25H27FN2O5/c1-32-18-9-7-17(8-10-18)23(29)21-22(19-5-2-3-6-20(19)26)28(25(31)24(21)30)12-4-11-27-13-15-33-16-14-27/h2-3,5-10,21-22H,4,11-16H2,1H3. The molecule has 0 N–H and O–H groups in total. The topological polar surface area (TPSA) is 76.2 Å². The van der Waals surface area contributed by atoms with E-state index >= 15 is 0 Å². The summed E-state index contributed by atoms with van der Waals surface area (Å²) in [7, 11) is 1.51. The molecule has 2 aliphatic heterocycles. The molecule has 7 nitrogen and oxygen atoms in total. The van der Waals surface area contributed by atoms with E-state index in [2.05, 4.69) is 4.90 Å². The molecule has 8 heteroatoms. The number of nitrogens with zero attached hydrogens (tertiary/aromatic N) is 2. The van der Waals surface area contributed by atoms with E-state index in [1.165, 1.54) is 24.1 Å². The monoisotopic (exact) mass is 454 g/mol. The summed E-state index contributed by atoms with van der Waals surface area (Å²) in [4.78, 5) is 43.0. The van der Waals surface area contributed by atoms with Gasteiger partial charge in [0.05, 0.1) is 26.4 Å². The van der Waals surface area contributed by atoms with E-state index in [0.717, 1.165) is 19.6 Å². The van der Waals surface area contributed by atoms with Gasteiger partial charge in [0.2, 0.25) is 5.78 Å². The molecule has 2 aromatic rings. The van der Waals surface area contributed by atoms with Crippen molar-refractivity contribution in [2.45, 2.75) is 12.5 Å². The number of morpholine rings is 1. The number of hydrogen-bond donors (Lipinski definition) is 0. The minimum Gasteiger partial charge on any atom is -0.497 e. The molecule has 33 heavy (non-hydrogen) atoms. The molecular formula is C25H27FN2O5. The van der Waals surface area contributed by atoms with E-state index in [9.17, 15) is 18.8 Å². The van der Waals surface area contributed by atoms with Gasteiger partial charge in [-0.05, 0) is 36.8 Å². The largest absolute Gasteiger partial charge is 0.497 e. The Kier molecular flexibility index (Phi) is 7.15. The highest BCUT2D eigenvalue weighted by Crippen LogP contribution is 2.39. The van der Waals surface area contributed by atoms with Crippen molar-refractivity contribution in [1.29, 1.82) is 0 Å². The van der Waals surface area contributed by atoms with Crippen LogP contribution in [0.1, 0.15) is 28.4 Å². The second kappa shape index (κ2) is 10.2. The van der Waals surface area contributed by atoms with Crippen LogP contribution < -0.4 is 4.74 Å². The van der Waals surface area contributed by atoms with Crippen molar-refractivity contribution in [2.75, 3.05) is 46.5 Å². The highest BCUT2D eigenvalue weighted by molar-refractivity contribution is 6.44. The van der Waals surface area contributed by atoms with Gasteiger partial charge in [0.25, 0.3) is 5.91 Å². The van der Waals surface area contributed by atoms with Crippen molar-refractivity contribution in [1.82, 2.24) is 9.80 Å². The number of rotatable bonds is 8. The number of carbonyl (C=O) groups excluding carboxylic acids is 3. The number of methoxy groups -OCH3 is 1. The molecule has 0 aliphatic carbocycles. The Balaban J connectivity index is 1.61. The average Bonchev–Trinajstić information content (AvgIpc) is 3.09. The lowest BCUT2D eigenvalue weighted by atomic mass is 9.86. The summed E-state index contributed by atoms with van der Waals surface area (Å²) < 4.78 is 25.3. The van der Waals surface area contributed by atoms with Crippen LogP contribution in [0.25, 0.3) is 0 Å². The fraction of sp³-hybridized carbons (Fsp3) is 0.400. The third-order valence-corrected chi connectivity index (χ3v) is 6.26. The summed E-state index contributed by atoms with van der Waals surface area (Å²) in [6.07, 6.45) is 0.605. The molecule has 0 spiro atoms. The van der Waals surface area contributed by atoms with Gasteiger partial charge in [-0.15, -0.1) is 0 Å². The first-order valence-corrected chi connectivity index (χ1v) is 11.1. The van der Waals surface area contributed by atoms with Crippen LogP contribution in [0.4, 0.5) is 4.39 Å². The molecule has 2 atom stereocenters. The Hall–Kier alpha value is -3.10. The quantitative estimate of drug-likeness (QED) is 0.347. The van der Waals surface area contributed by atoms with Crippen molar-refractivity contribution in [3.05, 3.63) is 65.5 Å². The highest BCUT2D eigenvalue weighted by atomic mass is 19.1. The number of Topliss-reactive ketones (excluding diaryl/α,β-unsaturated/α-hetero) is 2. The third-order valence-electron chi connectivity index (χ3n) is 6.26. The molecule has 2 unspecified atom stereocenters.